The summed E-state index contributed by atoms with van der Waals surface area (Å²) in [6, 6.07) is 5.85. The van der Waals surface area contributed by atoms with Crippen LogP contribution in [0.1, 0.15) is 20.7 Å². The molecule has 0 unspecified atom stereocenters. The predicted octanol–water partition coefficient (Wildman–Crippen LogP) is -0.355. The number of rotatable bonds is 5. The van der Waals surface area contributed by atoms with Crippen molar-refractivity contribution in [2.75, 3.05) is 19.0 Å². The van der Waals surface area contributed by atoms with Crippen LogP contribution in [0, 0.1) is 0 Å². The summed E-state index contributed by atoms with van der Waals surface area (Å²) in [5, 5.41) is 2.44. The number of hydrogen-bond acceptors (Lipinski definition) is 7. The number of benzene rings is 1. The number of methoxy groups -OCH3 is 1. The van der Waals surface area contributed by atoms with Crippen molar-refractivity contribution in [1.82, 2.24) is 9.97 Å². The van der Waals surface area contributed by atoms with Crippen LogP contribution in [0.2, 0.25) is 0 Å². The molecule has 10 nitrogen and oxygen atoms in total. The van der Waals surface area contributed by atoms with Gasteiger partial charge >= 0.3 is 17.6 Å². The van der Waals surface area contributed by atoms with E-state index < -0.39 is 41.3 Å². The van der Waals surface area contributed by atoms with E-state index in [4.69, 9.17) is 4.74 Å². The summed E-state index contributed by atoms with van der Waals surface area (Å²) in [5.41, 5.74) is -1.45. The highest BCUT2D eigenvalue weighted by atomic mass is 16.5. The molecule has 0 atom stereocenters. The van der Waals surface area contributed by atoms with E-state index in [9.17, 15) is 24.0 Å². The second kappa shape index (κ2) is 7.73. The fourth-order valence-corrected chi connectivity index (χ4v) is 1.77. The highest BCUT2D eigenvalue weighted by Gasteiger charge is 2.14. The fourth-order valence-electron chi connectivity index (χ4n) is 1.77. The molecular weight excluding hydrogens is 334 g/mol. The Balaban J connectivity index is 1.92. The largest absolute Gasteiger partial charge is 0.465 e. The lowest BCUT2D eigenvalue weighted by molar-refractivity contribution is -0.119. The number of aromatic amines is 2. The van der Waals surface area contributed by atoms with E-state index in [0.29, 0.717) is 11.3 Å². The zero-order chi connectivity index (χ0) is 18.4. The van der Waals surface area contributed by atoms with Crippen molar-refractivity contribution >= 4 is 23.5 Å². The summed E-state index contributed by atoms with van der Waals surface area (Å²) < 4.78 is 9.24. The molecule has 0 spiro atoms. The Morgan fingerprint density at radius 1 is 1.08 bits per heavy atom. The molecule has 3 N–H and O–H groups in total. The molecule has 25 heavy (non-hydrogen) atoms. The van der Waals surface area contributed by atoms with Gasteiger partial charge in [-0.05, 0) is 24.3 Å². The average Bonchev–Trinajstić information content (AvgIpc) is 2.59. The molecule has 1 amide bonds. The third-order valence-corrected chi connectivity index (χ3v) is 2.96. The number of aromatic nitrogens is 2. The molecule has 0 bridgehead atoms. The van der Waals surface area contributed by atoms with Gasteiger partial charge in [0, 0.05) is 11.9 Å². The van der Waals surface area contributed by atoms with Crippen LogP contribution < -0.4 is 16.6 Å². The molecule has 0 aliphatic carbocycles. The minimum atomic E-state index is -1.06. The summed E-state index contributed by atoms with van der Waals surface area (Å²) in [4.78, 5) is 61.0. The van der Waals surface area contributed by atoms with Gasteiger partial charge in [-0.15, -0.1) is 0 Å². The molecule has 1 aromatic heterocycles. The van der Waals surface area contributed by atoms with Crippen LogP contribution in [0.15, 0.2) is 40.1 Å². The second-order valence-corrected chi connectivity index (χ2v) is 4.68. The zero-order valence-corrected chi connectivity index (χ0v) is 13.0. The minimum absolute atomic E-state index is 0.309. The van der Waals surface area contributed by atoms with Crippen LogP contribution in [-0.2, 0) is 14.3 Å². The molecule has 1 heterocycles. The lowest BCUT2D eigenvalue weighted by Gasteiger charge is -2.07. The Morgan fingerprint density at radius 2 is 1.76 bits per heavy atom. The molecule has 0 saturated heterocycles. The van der Waals surface area contributed by atoms with E-state index in [1.165, 1.54) is 31.4 Å². The Kier molecular flexibility index (Phi) is 5.46. The Morgan fingerprint density at radius 3 is 2.36 bits per heavy atom. The topological polar surface area (TPSA) is 147 Å². The SMILES string of the molecule is COC(=O)c1ccc(NC(=O)COC(=O)c2c[nH]c(=O)[nH]c2=O)cc1. The van der Waals surface area contributed by atoms with Gasteiger partial charge in [-0.3, -0.25) is 14.6 Å². The first-order valence-electron chi connectivity index (χ1n) is 6.88. The number of ether oxygens (including phenoxy) is 2. The number of carbonyl (C=O) groups is 3. The van der Waals surface area contributed by atoms with E-state index in [1.54, 1.807) is 0 Å². The van der Waals surface area contributed by atoms with Gasteiger partial charge in [-0.1, -0.05) is 0 Å². The lowest BCUT2D eigenvalue weighted by atomic mass is 10.2. The maximum absolute atomic E-state index is 11.7. The first-order valence-corrected chi connectivity index (χ1v) is 6.88. The third-order valence-electron chi connectivity index (χ3n) is 2.96. The van der Waals surface area contributed by atoms with Crippen LogP contribution >= 0.6 is 0 Å². The van der Waals surface area contributed by atoms with Gasteiger partial charge < -0.3 is 19.8 Å². The summed E-state index contributed by atoms with van der Waals surface area (Å²) in [6.45, 7) is -0.643. The summed E-state index contributed by atoms with van der Waals surface area (Å²) in [5.74, 6) is -2.23. The number of amides is 1. The molecule has 2 aromatic rings. The van der Waals surface area contributed by atoms with Gasteiger partial charge in [0.15, 0.2) is 6.61 Å². The Labute approximate surface area is 139 Å². The van der Waals surface area contributed by atoms with Crippen molar-refractivity contribution in [1.29, 1.82) is 0 Å². The van der Waals surface area contributed by atoms with Crippen LogP contribution in [-0.4, -0.2) is 41.5 Å². The molecule has 0 radical (unpaired) electrons. The molecule has 1 aromatic carbocycles. The van der Waals surface area contributed by atoms with Gasteiger partial charge in [0.1, 0.15) is 5.56 Å². The van der Waals surface area contributed by atoms with Crippen molar-refractivity contribution in [3.8, 4) is 0 Å². The predicted molar refractivity (Wildman–Crippen MR) is 84.4 cm³/mol. The van der Waals surface area contributed by atoms with Crippen LogP contribution in [0.4, 0.5) is 5.69 Å². The van der Waals surface area contributed by atoms with E-state index in [0.717, 1.165) is 6.20 Å². The Bertz CT molecular complexity index is 912. The third kappa shape index (κ3) is 4.64. The van der Waals surface area contributed by atoms with Crippen LogP contribution in [0.25, 0.3) is 0 Å². The first-order chi connectivity index (χ1) is 11.9. The normalized spacial score (nSPS) is 9.96. The maximum Gasteiger partial charge on any atom is 0.345 e. The first kappa shape index (κ1) is 17.7. The molecule has 2 rings (SSSR count). The average molecular weight is 347 g/mol. The van der Waals surface area contributed by atoms with Gasteiger partial charge in [-0.25, -0.2) is 14.4 Å². The molecule has 10 heteroatoms. The van der Waals surface area contributed by atoms with Crippen molar-refractivity contribution in [3.63, 3.8) is 0 Å². The highest BCUT2D eigenvalue weighted by molar-refractivity contribution is 5.96. The van der Waals surface area contributed by atoms with Gasteiger partial charge in [0.05, 0.1) is 12.7 Å². The van der Waals surface area contributed by atoms with Gasteiger partial charge in [-0.2, -0.15) is 0 Å². The number of H-pyrrole nitrogens is 2. The van der Waals surface area contributed by atoms with Crippen LogP contribution in [0.3, 0.4) is 0 Å². The van der Waals surface area contributed by atoms with Gasteiger partial charge in [0.2, 0.25) is 0 Å². The molecule has 130 valence electrons. The van der Waals surface area contributed by atoms with E-state index in [2.05, 4.69) is 15.0 Å². The molecular formula is C15H13N3O7. The van der Waals surface area contributed by atoms with Crippen molar-refractivity contribution in [2.45, 2.75) is 0 Å². The van der Waals surface area contributed by atoms with E-state index in [-0.39, 0.29) is 0 Å². The van der Waals surface area contributed by atoms with Crippen molar-refractivity contribution in [3.05, 3.63) is 62.4 Å². The Hall–Kier alpha value is -3.69. The summed E-state index contributed by atoms with van der Waals surface area (Å²) in [7, 11) is 1.25. The number of anilines is 1. The standard InChI is InChI=1S/C15H13N3O7/c1-24-13(21)8-2-4-9(5-3-8)17-11(19)7-25-14(22)10-6-16-15(23)18-12(10)20/h2-6H,7H2,1H3,(H,17,19)(H2,16,18,20,23). The lowest BCUT2D eigenvalue weighted by Crippen LogP contribution is -2.29. The number of hydrogen-bond donors (Lipinski definition) is 3. The number of nitrogens with one attached hydrogen (secondary N) is 3. The maximum atomic E-state index is 11.7. The smallest absolute Gasteiger partial charge is 0.345 e. The molecule has 0 aliphatic rings. The molecule has 0 aliphatic heterocycles. The number of carbonyl (C=O) groups excluding carboxylic acids is 3. The van der Waals surface area contributed by atoms with Crippen molar-refractivity contribution in [2.24, 2.45) is 0 Å². The van der Waals surface area contributed by atoms with Crippen molar-refractivity contribution < 1.29 is 23.9 Å². The summed E-state index contributed by atoms with van der Waals surface area (Å²) in [6.07, 6.45) is 0.896. The zero-order valence-electron chi connectivity index (χ0n) is 13.0. The molecule has 0 fully saturated rings. The fraction of sp³-hybridized carbons (Fsp3) is 0.133. The molecule has 0 saturated carbocycles. The quantitative estimate of drug-likeness (QED) is 0.626. The minimum Gasteiger partial charge on any atom is -0.465 e. The second-order valence-electron chi connectivity index (χ2n) is 4.68. The van der Waals surface area contributed by atoms with E-state index >= 15 is 0 Å². The summed E-state index contributed by atoms with van der Waals surface area (Å²) >= 11 is 0. The number of esters is 2. The van der Waals surface area contributed by atoms with Gasteiger partial charge in [0.25, 0.3) is 11.5 Å². The monoisotopic (exact) mass is 347 g/mol. The van der Waals surface area contributed by atoms with E-state index in [1.807, 2.05) is 4.98 Å². The highest BCUT2D eigenvalue weighted by Crippen LogP contribution is 2.10. The van der Waals surface area contributed by atoms with Crippen LogP contribution in [0.5, 0.6) is 0 Å².